The molecule has 0 unspecified atom stereocenters. The van der Waals surface area contributed by atoms with E-state index < -0.39 is 0 Å². The molecule has 0 N–H and O–H groups in total. The molecule has 1 aromatic carbocycles. The van der Waals surface area contributed by atoms with Crippen molar-refractivity contribution in [2.45, 2.75) is 25.3 Å². The molecule has 0 aliphatic carbocycles. The Labute approximate surface area is 115 Å². The predicted molar refractivity (Wildman–Crippen MR) is 77.6 cm³/mol. The van der Waals surface area contributed by atoms with Gasteiger partial charge in [-0.2, -0.15) is 0 Å². The van der Waals surface area contributed by atoms with Crippen LogP contribution in [0.15, 0.2) is 29.3 Å². The maximum atomic E-state index is 11.7. The zero-order chi connectivity index (χ0) is 13.6. The molecule has 98 valence electrons. The third-order valence-electron chi connectivity index (χ3n) is 3.26. The molecule has 0 radical (unpaired) electrons. The van der Waals surface area contributed by atoms with Gasteiger partial charge < -0.3 is 4.57 Å². The van der Waals surface area contributed by atoms with Crippen molar-refractivity contribution in [2.24, 2.45) is 7.05 Å². The van der Waals surface area contributed by atoms with Crippen molar-refractivity contribution in [2.75, 3.05) is 0 Å². The predicted octanol–water partition coefficient (Wildman–Crippen LogP) is 3.16. The van der Waals surface area contributed by atoms with Crippen LogP contribution in [0.2, 0.25) is 0 Å². The zero-order valence-corrected chi connectivity index (χ0v) is 12.0. The van der Waals surface area contributed by atoms with Crippen LogP contribution in [0.3, 0.4) is 0 Å². The van der Waals surface area contributed by atoms with Gasteiger partial charge in [-0.25, -0.2) is 4.98 Å². The van der Waals surface area contributed by atoms with Crippen LogP contribution in [-0.4, -0.2) is 19.1 Å². The van der Waals surface area contributed by atoms with E-state index in [4.69, 9.17) is 0 Å². The number of nitrogens with zero attached hydrogens (tertiary/aromatic N) is 3. The van der Waals surface area contributed by atoms with E-state index in [-0.39, 0.29) is 5.12 Å². The van der Waals surface area contributed by atoms with Crippen molar-refractivity contribution >= 4 is 33.7 Å². The van der Waals surface area contributed by atoms with Crippen LogP contribution in [-0.2, 0) is 11.8 Å². The van der Waals surface area contributed by atoms with Crippen LogP contribution in [0.5, 0.6) is 0 Å². The van der Waals surface area contributed by atoms with Crippen LogP contribution in [0, 0.1) is 6.92 Å². The van der Waals surface area contributed by atoms with Gasteiger partial charge in [0, 0.05) is 13.5 Å². The van der Waals surface area contributed by atoms with Crippen molar-refractivity contribution in [1.82, 2.24) is 14.0 Å². The van der Waals surface area contributed by atoms with Gasteiger partial charge in [0.05, 0.1) is 16.7 Å². The van der Waals surface area contributed by atoms with E-state index in [0.29, 0.717) is 6.42 Å². The lowest BCUT2D eigenvalue weighted by Gasteiger charge is -1.99. The molecule has 0 saturated heterocycles. The molecule has 0 spiro atoms. The summed E-state index contributed by atoms with van der Waals surface area (Å²) in [4.78, 5) is 16.3. The second-order valence-corrected chi connectivity index (χ2v) is 5.56. The number of rotatable bonds is 2. The van der Waals surface area contributed by atoms with E-state index in [2.05, 4.69) is 26.1 Å². The van der Waals surface area contributed by atoms with Gasteiger partial charge in [-0.3, -0.25) is 9.20 Å². The second kappa shape index (κ2) is 4.42. The van der Waals surface area contributed by atoms with Gasteiger partial charge >= 0.3 is 0 Å². The number of hydrogen-bond donors (Lipinski definition) is 0. The maximum Gasteiger partial charge on any atom is 0.215 e. The summed E-state index contributed by atoms with van der Waals surface area (Å²) < 4.78 is 4.13. The largest absolute Gasteiger partial charge is 0.313 e. The normalized spacial score (nSPS) is 11.5. The van der Waals surface area contributed by atoms with Crippen LogP contribution < -0.4 is 0 Å². The molecule has 0 saturated carbocycles. The van der Waals surface area contributed by atoms with Crippen LogP contribution in [0.25, 0.3) is 16.8 Å². The fourth-order valence-electron chi connectivity index (χ4n) is 2.29. The highest BCUT2D eigenvalue weighted by molar-refractivity contribution is 8.13. The van der Waals surface area contributed by atoms with Gasteiger partial charge in [0.15, 0.2) is 5.12 Å². The standard InChI is InChI=1S/C14H15N3OS/c1-4-12(18)19-13-9(2)15-14-16(3)10-7-5-6-8-11(10)17(13)14/h5-8H,4H2,1-3H3. The van der Waals surface area contributed by atoms with E-state index >= 15 is 0 Å². The SMILES string of the molecule is CCC(=O)Sc1c(C)nc2n(C)c3ccccc3n12. The number of carbonyl (C=O) groups excluding carboxylic acids is 1. The molecular formula is C14H15N3OS. The van der Waals surface area contributed by atoms with Gasteiger partial charge in [0.25, 0.3) is 0 Å². The highest BCUT2D eigenvalue weighted by atomic mass is 32.2. The first-order chi connectivity index (χ1) is 9.13. The number of benzene rings is 1. The lowest BCUT2D eigenvalue weighted by Crippen LogP contribution is -1.92. The summed E-state index contributed by atoms with van der Waals surface area (Å²) in [5.74, 6) is 0.880. The summed E-state index contributed by atoms with van der Waals surface area (Å²) in [6.07, 6.45) is 0.530. The van der Waals surface area contributed by atoms with Gasteiger partial charge in [-0.15, -0.1) is 0 Å². The fraction of sp³-hybridized carbons (Fsp3) is 0.286. The van der Waals surface area contributed by atoms with Crippen molar-refractivity contribution < 1.29 is 4.79 Å². The zero-order valence-electron chi connectivity index (χ0n) is 11.2. The third kappa shape index (κ3) is 1.76. The minimum Gasteiger partial charge on any atom is -0.313 e. The van der Waals surface area contributed by atoms with E-state index in [1.54, 1.807) is 0 Å². The number of para-hydroxylation sites is 2. The van der Waals surface area contributed by atoms with Gasteiger partial charge in [-0.05, 0) is 30.8 Å². The minimum absolute atomic E-state index is 0.165. The summed E-state index contributed by atoms with van der Waals surface area (Å²) >= 11 is 1.28. The Morgan fingerprint density at radius 1 is 1.32 bits per heavy atom. The van der Waals surface area contributed by atoms with E-state index in [1.807, 2.05) is 33.0 Å². The lowest BCUT2D eigenvalue weighted by atomic mass is 10.3. The first kappa shape index (κ1) is 12.3. The molecule has 19 heavy (non-hydrogen) atoms. The molecule has 3 rings (SSSR count). The highest BCUT2D eigenvalue weighted by Crippen LogP contribution is 2.30. The Balaban J connectivity index is 2.35. The number of fused-ring (bicyclic) bond motifs is 3. The summed E-state index contributed by atoms with van der Waals surface area (Å²) in [6.45, 7) is 3.83. The van der Waals surface area contributed by atoms with Crippen LogP contribution >= 0.6 is 11.8 Å². The van der Waals surface area contributed by atoms with Crippen molar-refractivity contribution in [1.29, 1.82) is 0 Å². The highest BCUT2D eigenvalue weighted by Gasteiger charge is 2.18. The van der Waals surface area contributed by atoms with E-state index in [1.165, 1.54) is 11.8 Å². The summed E-state index contributed by atoms with van der Waals surface area (Å²) in [5, 5.41) is 1.09. The average Bonchev–Trinajstić information content (AvgIpc) is 2.88. The Bertz CT molecular complexity index is 785. The van der Waals surface area contributed by atoms with Crippen molar-refractivity contribution in [3.8, 4) is 0 Å². The maximum absolute atomic E-state index is 11.7. The molecular weight excluding hydrogens is 258 g/mol. The van der Waals surface area contributed by atoms with Crippen molar-refractivity contribution in [3.05, 3.63) is 30.0 Å². The molecule has 0 amide bonds. The molecule has 0 aliphatic rings. The fourth-order valence-corrected chi connectivity index (χ4v) is 3.11. The number of carbonyl (C=O) groups is 1. The number of aryl methyl sites for hydroxylation is 2. The second-order valence-electron chi connectivity index (χ2n) is 4.51. The molecule has 0 fully saturated rings. The number of imidazole rings is 2. The monoisotopic (exact) mass is 273 g/mol. The summed E-state index contributed by atoms with van der Waals surface area (Å²) in [6, 6.07) is 8.14. The van der Waals surface area contributed by atoms with Gasteiger partial charge in [0.2, 0.25) is 5.78 Å². The van der Waals surface area contributed by atoms with E-state index in [0.717, 1.165) is 27.5 Å². The number of hydrogen-bond acceptors (Lipinski definition) is 3. The summed E-state index contributed by atoms with van der Waals surface area (Å²) in [5.41, 5.74) is 3.12. The molecule has 2 aromatic heterocycles. The number of thioether (sulfide) groups is 1. The molecule has 0 aliphatic heterocycles. The van der Waals surface area contributed by atoms with Gasteiger partial charge in [0.1, 0.15) is 5.03 Å². The minimum atomic E-state index is 0.165. The molecule has 5 heteroatoms. The molecule has 0 bridgehead atoms. The first-order valence-corrected chi connectivity index (χ1v) is 7.08. The summed E-state index contributed by atoms with van der Waals surface area (Å²) in [7, 11) is 2.00. The molecule has 3 aromatic rings. The smallest absolute Gasteiger partial charge is 0.215 e. The Hall–Kier alpha value is -1.75. The quantitative estimate of drug-likeness (QED) is 0.673. The van der Waals surface area contributed by atoms with Crippen LogP contribution in [0.4, 0.5) is 0 Å². The molecule has 2 heterocycles. The van der Waals surface area contributed by atoms with Gasteiger partial charge in [-0.1, -0.05) is 19.1 Å². The molecule has 0 atom stereocenters. The van der Waals surface area contributed by atoms with Crippen LogP contribution in [0.1, 0.15) is 19.0 Å². The van der Waals surface area contributed by atoms with E-state index in [9.17, 15) is 4.79 Å². The first-order valence-electron chi connectivity index (χ1n) is 6.26. The lowest BCUT2D eigenvalue weighted by molar-refractivity contribution is -0.110. The Kier molecular flexibility index (Phi) is 2.86. The topological polar surface area (TPSA) is 39.3 Å². The Morgan fingerprint density at radius 3 is 2.68 bits per heavy atom. The number of aromatic nitrogens is 3. The third-order valence-corrected chi connectivity index (χ3v) is 4.45. The average molecular weight is 273 g/mol. The van der Waals surface area contributed by atoms with Crippen molar-refractivity contribution in [3.63, 3.8) is 0 Å². The Morgan fingerprint density at radius 2 is 2.00 bits per heavy atom. The molecule has 4 nitrogen and oxygen atoms in total.